The molecule has 0 aliphatic rings. The van der Waals surface area contributed by atoms with E-state index in [0.717, 1.165) is 11.1 Å². The summed E-state index contributed by atoms with van der Waals surface area (Å²) < 4.78 is 0. The van der Waals surface area contributed by atoms with E-state index in [2.05, 4.69) is 5.32 Å². The van der Waals surface area contributed by atoms with Crippen LogP contribution in [0, 0.1) is 10.1 Å². The van der Waals surface area contributed by atoms with E-state index < -0.39 is 11.0 Å². The third-order valence-electron chi connectivity index (χ3n) is 3.00. The first-order chi connectivity index (χ1) is 9.66. The predicted molar refractivity (Wildman–Crippen MR) is 76.2 cm³/mol. The van der Waals surface area contributed by atoms with Gasteiger partial charge in [0, 0.05) is 25.2 Å². The molecule has 0 fully saturated rings. The molecule has 0 aromatic heterocycles. The van der Waals surface area contributed by atoms with E-state index in [9.17, 15) is 15.2 Å². The quantitative estimate of drug-likeness (QED) is 0.625. The minimum absolute atomic E-state index is 0.0815. The van der Waals surface area contributed by atoms with Gasteiger partial charge in [0.15, 0.2) is 0 Å². The third kappa shape index (κ3) is 3.88. The normalized spacial score (nSPS) is 12.1. The molecule has 5 nitrogen and oxygen atoms in total. The average Bonchev–Trinajstić information content (AvgIpc) is 2.48. The highest BCUT2D eigenvalue weighted by molar-refractivity contribution is 5.32. The third-order valence-corrected chi connectivity index (χ3v) is 3.00. The standard InChI is InChI=1S/C15H16N2O3/c18-15(13-4-2-1-3-5-13)11-16-10-12-6-8-14(9-7-12)17(19)20/h1-9,15-16,18H,10-11H2/t15-/m1/s1. The maximum Gasteiger partial charge on any atom is 0.269 e. The molecule has 1 atom stereocenters. The molecule has 0 spiro atoms. The number of non-ortho nitro benzene ring substituents is 1. The van der Waals surface area contributed by atoms with Crippen molar-refractivity contribution < 1.29 is 10.0 Å². The van der Waals surface area contributed by atoms with Crippen LogP contribution in [0.5, 0.6) is 0 Å². The van der Waals surface area contributed by atoms with Gasteiger partial charge in [0.25, 0.3) is 5.69 Å². The maximum absolute atomic E-state index is 10.5. The molecule has 2 N–H and O–H groups in total. The number of nitro groups is 1. The van der Waals surface area contributed by atoms with Crippen LogP contribution in [0.1, 0.15) is 17.2 Å². The first-order valence-electron chi connectivity index (χ1n) is 6.34. The Hall–Kier alpha value is -2.24. The number of nitro benzene ring substituents is 1. The van der Waals surface area contributed by atoms with Gasteiger partial charge in [-0.2, -0.15) is 0 Å². The Morgan fingerprint density at radius 1 is 1.10 bits per heavy atom. The van der Waals surface area contributed by atoms with Crippen molar-refractivity contribution in [3.8, 4) is 0 Å². The molecular weight excluding hydrogens is 256 g/mol. The SMILES string of the molecule is O=[N+]([O-])c1ccc(CNC[C@@H](O)c2ccccc2)cc1. The van der Waals surface area contributed by atoms with Gasteiger partial charge in [0.1, 0.15) is 0 Å². The highest BCUT2D eigenvalue weighted by Crippen LogP contribution is 2.13. The number of hydrogen-bond donors (Lipinski definition) is 2. The lowest BCUT2D eigenvalue weighted by molar-refractivity contribution is -0.384. The molecule has 0 aliphatic carbocycles. The Labute approximate surface area is 117 Å². The van der Waals surface area contributed by atoms with Gasteiger partial charge in [-0.1, -0.05) is 42.5 Å². The molecule has 104 valence electrons. The van der Waals surface area contributed by atoms with Crippen LogP contribution in [0.15, 0.2) is 54.6 Å². The van der Waals surface area contributed by atoms with E-state index in [1.165, 1.54) is 12.1 Å². The highest BCUT2D eigenvalue weighted by atomic mass is 16.6. The number of aliphatic hydroxyl groups is 1. The van der Waals surface area contributed by atoms with Crippen LogP contribution in [0.3, 0.4) is 0 Å². The predicted octanol–water partition coefficient (Wildman–Crippen LogP) is 2.42. The second kappa shape index (κ2) is 6.79. The van der Waals surface area contributed by atoms with Crippen LogP contribution in [0.2, 0.25) is 0 Å². The highest BCUT2D eigenvalue weighted by Gasteiger charge is 2.07. The van der Waals surface area contributed by atoms with Crippen LogP contribution in [0.25, 0.3) is 0 Å². The van der Waals surface area contributed by atoms with Crippen LogP contribution in [-0.4, -0.2) is 16.6 Å². The van der Waals surface area contributed by atoms with Crippen LogP contribution in [-0.2, 0) is 6.54 Å². The van der Waals surface area contributed by atoms with Crippen molar-refractivity contribution in [3.05, 3.63) is 75.8 Å². The monoisotopic (exact) mass is 272 g/mol. The molecule has 0 radical (unpaired) electrons. The van der Waals surface area contributed by atoms with Crippen molar-refractivity contribution >= 4 is 5.69 Å². The maximum atomic E-state index is 10.5. The van der Waals surface area contributed by atoms with Crippen LogP contribution in [0.4, 0.5) is 5.69 Å². The second-order valence-electron chi connectivity index (χ2n) is 4.48. The summed E-state index contributed by atoms with van der Waals surface area (Å²) in [5.41, 5.74) is 1.89. The van der Waals surface area contributed by atoms with Gasteiger partial charge >= 0.3 is 0 Å². The number of benzene rings is 2. The summed E-state index contributed by atoms with van der Waals surface area (Å²) in [6.07, 6.45) is -0.561. The van der Waals surface area contributed by atoms with E-state index in [1.807, 2.05) is 30.3 Å². The minimum Gasteiger partial charge on any atom is -0.387 e. The summed E-state index contributed by atoms with van der Waals surface area (Å²) >= 11 is 0. The molecule has 0 saturated carbocycles. The number of aliphatic hydroxyl groups excluding tert-OH is 1. The molecule has 0 unspecified atom stereocenters. The van der Waals surface area contributed by atoms with E-state index in [4.69, 9.17) is 0 Å². The van der Waals surface area contributed by atoms with Gasteiger partial charge < -0.3 is 10.4 Å². The van der Waals surface area contributed by atoms with Crippen molar-refractivity contribution in [3.63, 3.8) is 0 Å². The summed E-state index contributed by atoms with van der Waals surface area (Å²) in [6, 6.07) is 15.8. The summed E-state index contributed by atoms with van der Waals surface area (Å²) in [6.45, 7) is 0.989. The van der Waals surface area contributed by atoms with Gasteiger partial charge in [-0.15, -0.1) is 0 Å². The zero-order valence-electron chi connectivity index (χ0n) is 10.9. The van der Waals surface area contributed by atoms with Gasteiger partial charge in [-0.25, -0.2) is 0 Å². The lowest BCUT2D eigenvalue weighted by atomic mass is 10.1. The van der Waals surface area contributed by atoms with E-state index in [0.29, 0.717) is 13.1 Å². The fraction of sp³-hybridized carbons (Fsp3) is 0.200. The van der Waals surface area contributed by atoms with E-state index >= 15 is 0 Å². The lowest BCUT2D eigenvalue weighted by Gasteiger charge is -2.12. The number of nitrogens with zero attached hydrogens (tertiary/aromatic N) is 1. The summed E-state index contributed by atoms with van der Waals surface area (Å²) in [5, 5.41) is 23.6. The van der Waals surface area contributed by atoms with Crippen molar-refractivity contribution in [1.82, 2.24) is 5.32 Å². The zero-order chi connectivity index (χ0) is 14.4. The molecule has 0 saturated heterocycles. The Morgan fingerprint density at radius 3 is 2.35 bits per heavy atom. The topological polar surface area (TPSA) is 75.4 Å². The van der Waals surface area contributed by atoms with Crippen molar-refractivity contribution in [2.45, 2.75) is 12.6 Å². The molecule has 20 heavy (non-hydrogen) atoms. The fourth-order valence-corrected chi connectivity index (χ4v) is 1.88. The summed E-state index contributed by atoms with van der Waals surface area (Å²) in [4.78, 5) is 10.1. The van der Waals surface area contributed by atoms with Gasteiger partial charge in [-0.3, -0.25) is 10.1 Å². The van der Waals surface area contributed by atoms with Crippen LogP contribution >= 0.6 is 0 Å². The molecule has 5 heteroatoms. The Morgan fingerprint density at radius 2 is 1.75 bits per heavy atom. The Bertz CT molecular complexity index is 555. The smallest absolute Gasteiger partial charge is 0.269 e. The fourth-order valence-electron chi connectivity index (χ4n) is 1.88. The Balaban J connectivity index is 1.82. The summed E-state index contributed by atoms with van der Waals surface area (Å²) in [7, 11) is 0. The molecule has 0 amide bonds. The molecular formula is C15H16N2O3. The molecule has 0 heterocycles. The summed E-state index contributed by atoms with van der Waals surface area (Å²) in [5.74, 6) is 0. The zero-order valence-corrected chi connectivity index (χ0v) is 10.9. The average molecular weight is 272 g/mol. The van der Waals surface area contributed by atoms with Gasteiger partial charge in [-0.05, 0) is 11.1 Å². The first-order valence-corrected chi connectivity index (χ1v) is 6.34. The second-order valence-corrected chi connectivity index (χ2v) is 4.48. The number of nitrogens with one attached hydrogen (secondary N) is 1. The molecule has 2 rings (SSSR count). The van der Waals surface area contributed by atoms with E-state index in [1.54, 1.807) is 12.1 Å². The van der Waals surface area contributed by atoms with E-state index in [-0.39, 0.29) is 5.69 Å². The van der Waals surface area contributed by atoms with Gasteiger partial charge in [0.2, 0.25) is 0 Å². The van der Waals surface area contributed by atoms with Crippen molar-refractivity contribution in [2.24, 2.45) is 0 Å². The number of hydrogen-bond acceptors (Lipinski definition) is 4. The lowest BCUT2D eigenvalue weighted by Crippen LogP contribution is -2.21. The van der Waals surface area contributed by atoms with Crippen LogP contribution < -0.4 is 5.32 Å². The molecule has 2 aromatic rings. The Kier molecular flexibility index (Phi) is 4.81. The minimum atomic E-state index is -0.561. The molecule has 2 aromatic carbocycles. The number of rotatable bonds is 6. The largest absolute Gasteiger partial charge is 0.387 e. The molecule has 0 aliphatic heterocycles. The first kappa shape index (κ1) is 14.2. The molecule has 0 bridgehead atoms. The van der Waals surface area contributed by atoms with Gasteiger partial charge in [0.05, 0.1) is 11.0 Å². The van der Waals surface area contributed by atoms with Crippen molar-refractivity contribution in [1.29, 1.82) is 0 Å². The van der Waals surface area contributed by atoms with Crippen molar-refractivity contribution in [2.75, 3.05) is 6.54 Å².